The minimum absolute atomic E-state index is 0.327. The molecule has 1 unspecified atom stereocenters. The van der Waals surface area contributed by atoms with E-state index in [1.807, 2.05) is 48.5 Å². The molecule has 0 aliphatic carbocycles. The van der Waals surface area contributed by atoms with E-state index in [4.69, 9.17) is 9.47 Å². The van der Waals surface area contributed by atoms with Crippen molar-refractivity contribution in [3.05, 3.63) is 112 Å². The first kappa shape index (κ1) is 24.1. The number of hydrogen-bond donors (Lipinski definition) is 2. The van der Waals surface area contributed by atoms with E-state index in [9.17, 15) is 4.79 Å². The Morgan fingerprint density at radius 3 is 2.42 bits per heavy atom. The molecule has 0 amide bonds. The summed E-state index contributed by atoms with van der Waals surface area (Å²) in [6.07, 6.45) is 2.12. The molecular weight excluding hydrogens is 472 g/mol. The Morgan fingerprint density at radius 2 is 1.61 bits per heavy atom. The number of ether oxygens (including phenoxy) is 2. The molecule has 5 nitrogen and oxygen atoms in total. The number of fused-ring (bicyclic) bond motifs is 6. The third kappa shape index (κ3) is 3.73. The summed E-state index contributed by atoms with van der Waals surface area (Å²) < 4.78 is 13.0. The number of rotatable bonds is 6. The summed E-state index contributed by atoms with van der Waals surface area (Å²) in [6.45, 7) is 9.25. The summed E-state index contributed by atoms with van der Waals surface area (Å²) >= 11 is 0. The molecule has 38 heavy (non-hydrogen) atoms. The lowest BCUT2D eigenvalue weighted by Gasteiger charge is -2.38. The zero-order valence-electron chi connectivity index (χ0n) is 22.3. The Bertz CT molecular complexity index is 1580. The van der Waals surface area contributed by atoms with Crippen LogP contribution < -0.4 is 15.4 Å². The molecule has 4 aromatic carbocycles. The van der Waals surface area contributed by atoms with Gasteiger partial charge in [-0.2, -0.15) is 0 Å². The van der Waals surface area contributed by atoms with Gasteiger partial charge < -0.3 is 20.1 Å². The van der Waals surface area contributed by atoms with E-state index >= 15 is 0 Å². The van der Waals surface area contributed by atoms with Gasteiger partial charge in [-0.25, -0.2) is 4.79 Å². The molecule has 2 heterocycles. The number of carbonyl (C=O) groups is 1. The normalized spacial score (nSPS) is 16.8. The number of aryl methyl sites for hydroxylation is 3. The second-order valence-electron chi connectivity index (χ2n) is 10.3. The van der Waals surface area contributed by atoms with E-state index in [1.54, 1.807) is 0 Å². The highest BCUT2D eigenvalue weighted by molar-refractivity contribution is 5.97. The standard InChI is InChI=1S/C33H32N2O3/c1-5-6-16-34-27-12-9-13-29-31(27)33(24-11-8-7-10-23(24)32(36)38-33)25-19-28(22(4)18-30(25)37-29)35-26-15-14-20(2)17-21(26)3/h7-15,17-19,34-35H,5-6,16H2,1-4H3. The minimum atomic E-state index is -1.13. The van der Waals surface area contributed by atoms with Crippen LogP contribution in [0, 0.1) is 20.8 Å². The molecule has 192 valence electrons. The molecule has 0 bridgehead atoms. The van der Waals surface area contributed by atoms with Gasteiger partial charge in [-0.15, -0.1) is 0 Å². The molecule has 0 radical (unpaired) electrons. The maximum atomic E-state index is 13.4. The van der Waals surface area contributed by atoms with Crippen molar-refractivity contribution in [3.63, 3.8) is 0 Å². The molecular formula is C33H32N2O3. The molecule has 2 aliphatic heterocycles. The summed E-state index contributed by atoms with van der Waals surface area (Å²) in [5.41, 5.74) is 8.26. The predicted molar refractivity (Wildman–Crippen MR) is 152 cm³/mol. The molecule has 5 heteroatoms. The van der Waals surface area contributed by atoms with E-state index in [-0.39, 0.29) is 5.97 Å². The van der Waals surface area contributed by atoms with Crippen molar-refractivity contribution in [2.45, 2.75) is 46.1 Å². The van der Waals surface area contributed by atoms with Crippen molar-refractivity contribution in [2.24, 2.45) is 0 Å². The highest BCUT2D eigenvalue weighted by Crippen LogP contribution is 2.58. The van der Waals surface area contributed by atoms with Crippen LogP contribution in [0.2, 0.25) is 0 Å². The van der Waals surface area contributed by atoms with Crippen LogP contribution in [0.5, 0.6) is 11.5 Å². The Kier molecular flexibility index (Phi) is 5.87. The first-order chi connectivity index (χ1) is 18.4. The molecule has 0 saturated carbocycles. The maximum absolute atomic E-state index is 13.4. The van der Waals surface area contributed by atoms with Crippen molar-refractivity contribution in [2.75, 3.05) is 17.2 Å². The lowest BCUT2D eigenvalue weighted by molar-refractivity contribution is 0.0227. The summed E-state index contributed by atoms with van der Waals surface area (Å²) in [4.78, 5) is 13.4. The largest absolute Gasteiger partial charge is 0.456 e. The van der Waals surface area contributed by atoms with Gasteiger partial charge in [0.05, 0.1) is 11.1 Å². The topological polar surface area (TPSA) is 59.6 Å². The highest BCUT2D eigenvalue weighted by atomic mass is 16.6. The van der Waals surface area contributed by atoms with Crippen LogP contribution in [0.3, 0.4) is 0 Å². The second-order valence-corrected chi connectivity index (χ2v) is 10.3. The number of anilines is 3. The first-order valence-corrected chi connectivity index (χ1v) is 13.3. The van der Waals surface area contributed by atoms with Gasteiger partial charge in [-0.05, 0) is 74.7 Å². The van der Waals surface area contributed by atoms with Gasteiger partial charge in [0.2, 0.25) is 0 Å². The van der Waals surface area contributed by atoms with E-state index < -0.39 is 5.60 Å². The average molecular weight is 505 g/mol. The van der Waals surface area contributed by atoms with Gasteiger partial charge in [-0.1, -0.05) is 55.3 Å². The molecule has 1 spiro atoms. The Labute approximate surface area is 223 Å². The fourth-order valence-corrected chi connectivity index (χ4v) is 5.66. The lowest BCUT2D eigenvalue weighted by atomic mass is 9.76. The fourth-order valence-electron chi connectivity index (χ4n) is 5.66. The van der Waals surface area contributed by atoms with E-state index in [0.29, 0.717) is 17.1 Å². The predicted octanol–water partition coefficient (Wildman–Crippen LogP) is 8.14. The zero-order chi connectivity index (χ0) is 26.4. The lowest BCUT2D eigenvalue weighted by Crippen LogP contribution is -2.34. The number of esters is 1. The van der Waals surface area contributed by atoms with Crippen LogP contribution in [0.1, 0.15) is 63.5 Å². The average Bonchev–Trinajstić information content (AvgIpc) is 3.19. The number of unbranched alkanes of at least 4 members (excludes halogenated alkanes) is 1. The quantitative estimate of drug-likeness (QED) is 0.205. The van der Waals surface area contributed by atoms with Crippen molar-refractivity contribution in [1.29, 1.82) is 0 Å². The Balaban J connectivity index is 1.58. The smallest absolute Gasteiger partial charge is 0.340 e. The number of nitrogens with one attached hydrogen (secondary N) is 2. The van der Waals surface area contributed by atoms with E-state index in [1.165, 1.54) is 11.1 Å². The van der Waals surface area contributed by atoms with Crippen LogP contribution >= 0.6 is 0 Å². The summed E-state index contributed by atoms with van der Waals surface area (Å²) in [5, 5.41) is 7.22. The van der Waals surface area contributed by atoms with Crippen LogP contribution in [-0.2, 0) is 10.3 Å². The van der Waals surface area contributed by atoms with E-state index in [0.717, 1.165) is 58.7 Å². The van der Waals surface area contributed by atoms with Gasteiger partial charge in [0.15, 0.2) is 5.60 Å². The maximum Gasteiger partial charge on any atom is 0.340 e. The Morgan fingerprint density at radius 1 is 0.789 bits per heavy atom. The molecule has 4 aromatic rings. The fraction of sp³-hybridized carbons (Fsp3) is 0.242. The zero-order valence-corrected chi connectivity index (χ0v) is 22.3. The van der Waals surface area contributed by atoms with Gasteiger partial charge in [0, 0.05) is 34.7 Å². The Hall–Kier alpha value is -4.25. The van der Waals surface area contributed by atoms with Gasteiger partial charge in [0.25, 0.3) is 0 Å². The summed E-state index contributed by atoms with van der Waals surface area (Å²) in [6, 6.07) is 24.2. The van der Waals surface area contributed by atoms with Crippen LogP contribution in [0.15, 0.2) is 72.8 Å². The minimum Gasteiger partial charge on any atom is -0.456 e. The third-order valence-corrected chi connectivity index (χ3v) is 7.57. The number of benzene rings is 4. The van der Waals surface area contributed by atoms with Crippen LogP contribution in [-0.4, -0.2) is 12.5 Å². The molecule has 2 aliphatic rings. The third-order valence-electron chi connectivity index (χ3n) is 7.57. The van der Waals surface area contributed by atoms with Crippen molar-refractivity contribution >= 4 is 23.0 Å². The molecule has 0 fully saturated rings. The molecule has 6 rings (SSSR count). The molecule has 0 saturated heterocycles. The van der Waals surface area contributed by atoms with Gasteiger partial charge >= 0.3 is 5.97 Å². The van der Waals surface area contributed by atoms with E-state index in [2.05, 4.69) is 62.6 Å². The monoisotopic (exact) mass is 504 g/mol. The molecule has 1 atom stereocenters. The summed E-state index contributed by atoms with van der Waals surface area (Å²) in [5.74, 6) is 1.06. The summed E-state index contributed by atoms with van der Waals surface area (Å²) in [7, 11) is 0. The SMILES string of the molecule is CCCCNc1cccc2c1C1(OC(=O)c3ccccc31)c1cc(Nc3ccc(C)cc3C)c(C)cc1O2. The van der Waals surface area contributed by atoms with Gasteiger partial charge in [-0.3, -0.25) is 0 Å². The molecule has 2 N–H and O–H groups in total. The number of carbonyl (C=O) groups excluding carboxylic acids is 1. The van der Waals surface area contributed by atoms with Gasteiger partial charge in [0.1, 0.15) is 11.5 Å². The second kappa shape index (κ2) is 9.25. The van der Waals surface area contributed by atoms with Crippen LogP contribution in [0.4, 0.5) is 17.1 Å². The van der Waals surface area contributed by atoms with Crippen LogP contribution in [0.25, 0.3) is 0 Å². The first-order valence-electron chi connectivity index (χ1n) is 13.3. The highest BCUT2D eigenvalue weighted by Gasteiger charge is 2.54. The number of hydrogen-bond acceptors (Lipinski definition) is 5. The van der Waals surface area contributed by atoms with Crippen molar-refractivity contribution in [1.82, 2.24) is 0 Å². The van der Waals surface area contributed by atoms with Crippen molar-refractivity contribution < 1.29 is 14.3 Å². The molecule has 0 aromatic heterocycles. The van der Waals surface area contributed by atoms with Crippen molar-refractivity contribution in [3.8, 4) is 11.5 Å².